The summed E-state index contributed by atoms with van der Waals surface area (Å²) in [4.78, 5) is 22.1. The molecule has 1 aliphatic carbocycles. The average molecular weight is 463 g/mol. The lowest BCUT2D eigenvalue weighted by Gasteiger charge is -2.18. The van der Waals surface area contributed by atoms with Crippen LogP contribution in [0.5, 0.6) is 11.5 Å². The van der Waals surface area contributed by atoms with Crippen LogP contribution in [-0.4, -0.2) is 42.1 Å². The molecule has 3 aromatic rings. The van der Waals surface area contributed by atoms with E-state index in [-0.39, 0.29) is 11.7 Å². The number of methoxy groups -OCH3 is 2. The van der Waals surface area contributed by atoms with Gasteiger partial charge in [-0.15, -0.1) is 0 Å². The first kappa shape index (κ1) is 22.8. The Morgan fingerprint density at radius 3 is 2.70 bits per heavy atom. The zero-order valence-electron chi connectivity index (χ0n) is 18.7. The van der Waals surface area contributed by atoms with Crippen molar-refractivity contribution in [1.29, 1.82) is 0 Å². The maximum Gasteiger partial charge on any atom is 0.250 e. The van der Waals surface area contributed by atoms with E-state index >= 15 is 0 Å². The molecule has 33 heavy (non-hydrogen) atoms. The number of amides is 1. The third-order valence-electron chi connectivity index (χ3n) is 5.35. The fourth-order valence-electron chi connectivity index (χ4n) is 3.68. The number of thioether (sulfide) groups is 1. The minimum atomic E-state index is -0.206. The number of hydrogen-bond donors (Lipinski definition) is 1. The Morgan fingerprint density at radius 1 is 1.09 bits per heavy atom. The largest absolute Gasteiger partial charge is 0.497 e. The summed E-state index contributed by atoms with van der Waals surface area (Å²) in [6.45, 7) is 0. The third kappa shape index (κ3) is 5.70. The number of hydrogen-bond acceptors (Lipinski definition) is 7. The highest BCUT2D eigenvalue weighted by molar-refractivity contribution is 7.99. The second-order valence-corrected chi connectivity index (χ2v) is 8.50. The molecule has 1 heterocycles. The molecule has 0 saturated heterocycles. The van der Waals surface area contributed by atoms with E-state index in [0.29, 0.717) is 22.9 Å². The predicted molar refractivity (Wildman–Crippen MR) is 130 cm³/mol. The highest BCUT2D eigenvalue weighted by Gasteiger charge is 2.19. The van der Waals surface area contributed by atoms with Crippen molar-refractivity contribution in [3.05, 3.63) is 65.4 Å². The molecule has 0 saturated carbocycles. The second-order valence-electron chi connectivity index (χ2n) is 7.54. The van der Waals surface area contributed by atoms with E-state index in [4.69, 9.17) is 19.4 Å². The van der Waals surface area contributed by atoms with Gasteiger partial charge in [0, 0.05) is 22.4 Å². The van der Waals surface area contributed by atoms with Gasteiger partial charge in [0.2, 0.25) is 5.91 Å². The molecule has 1 amide bonds. The number of ether oxygens (including phenoxy) is 2. The number of fused-ring (bicyclic) bond motifs is 1. The molecular formula is C25H26N4O3S. The zero-order chi connectivity index (χ0) is 23.0. The van der Waals surface area contributed by atoms with Gasteiger partial charge in [-0.3, -0.25) is 4.79 Å². The smallest absolute Gasteiger partial charge is 0.250 e. The molecule has 170 valence electrons. The number of hydrazone groups is 1. The van der Waals surface area contributed by atoms with Crippen molar-refractivity contribution in [3.63, 3.8) is 0 Å². The SMILES string of the molecule is COc1ccc(OC)c(/C=N/NC(=O)CSc2nc(-c3ccccc3)nc3c2CCCC3)c1. The van der Waals surface area contributed by atoms with Crippen LogP contribution in [-0.2, 0) is 17.6 Å². The molecule has 8 heteroatoms. The molecule has 2 aromatic carbocycles. The highest BCUT2D eigenvalue weighted by atomic mass is 32.2. The van der Waals surface area contributed by atoms with Gasteiger partial charge in [0.05, 0.1) is 26.2 Å². The van der Waals surface area contributed by atoms with Crippen LogP contribution in [0.1, 0.15) is 29.7 Å². The maximum atomic E-state index is 12.5. The van der Waals surface area contributed by atoms with Crippen LogP contribution in [0, 0.1) is 0 Å². The molecule has 0 fully saturated rings. The van der Waals surface area contributed by atoms with E-state index in [1.807, 2.05) is 30.3 Å². The van der Waals surface area contributed by atoms with Gasteiger partial charge >= 0.3 is 0 Å². The van der Waals surface area contributed by atoms with Gasteiger partial charge in [-0.05, 0) is 43.9 Å². The molecule has 4 rings (SSSR count). The van der Waals surface area contributed by atoms with E-state index < -0.39 is 0 Å². The molecule has 0 unspecified atom stereocenters. The standard InChI is InChI=1S/C25H26N4O3S/c1-31-19-12-13-22(32-2)18(14-19)15-26-29-23(30)16-33-25-20-10-6-7-11-21(20)27-24(28-25)17-8-4-3-5-9-17/h3-5,8-9,12-15H,6-7,10-11,16H2,1-2H3,(H,29,30)/b26-15+. The number of nitrogens with zero attached hydrogens (tertiary/aromatic N) is 3. The molecular weight excluding hydrogens is 436 g/mol. The number of aryl methyl sites for hydroxylation is 1. The quantitative estimate of drug-likeness (QED) is 0.233. The number of benzene rings is 2. The molecule has 1 aromatic heterocycles. The van der Waals surface area contributed by atoms with E-state index in [9.17, 15) is 4.79 Å². The van der Waals surface area contributed by atoms with E-state index in [2.05, 4.69) is 10.5 Å². The molecule has 7 nitrogen and oxygen atoms in total. The first-order valence-corrected chi connectivity index (χ1v) is 11.8. The summed E-state index contributed by atoms with van der Waals surface area (Å²) in [5.41, 5.74) is 6.55. The monoisotopic (exact) mass is 462 g/mol. The minimum Gasteiger partial charge on any atom is -0.497 e. The number of rotatable bonds is 8. The van der Waals surface area contributed by atoms with Gasteiger partial charge in [0.25, 0.3) is 0 Å². The van der Waals surface area contributed by atoms with Crippen LogP contribution in [0.3, 0.4) is 0 Å². The third-order valence-corrected chi connectivity index (χ3v) is 6.36. The zero-order valence-corrected chi connectivity index (χ0v) is 19.5. The number of carbonyl (C=O) groups is 1. The Bertz CT molecular complexity index is 1150. The topological polar surface area (TPSA) is 85.7 Å². The Labute approximate surface area is 197 Å². The Morgan fingerprint density at radius 2 is 1.91 bits per heavy atom. The van der Waals surface area contributed by atoms with E-state index in [0.717, 1.165) is 42.0 Å². The van der Waals surface area contributed by atoms with Crippen molar-refractivity contribution in [2.24, 2.45) is 5.10 Å². The highest BCUT2D eigenvalue weighted by Crippen LogP contribution is 2.31. The first-order valence-electron chi connectivity index (χ1n) is 10.8. The molecule has 1 N–H and O–H groups in total. The first-order chi connectivity index (χ1) is 16.2. The number of carbonyl (C=O) groups excluding carboxylic acids is 1. The Hall–Kier alpha value is -3.39. The summed E-state index contributed by atoms with van der Waals surface area (Å²) in [7, 11) is 3.18. The minimum absolute atomic E-state index is 0.206. The van der Waals surface area contributed by atoms with Crippen molar-refractivity contribution < 1.29 is 14.3 Å². The Balaban J connectivity index is 1.45. The summed E-state index contributed by atoms with van der Waals surface area (Å²) in [6.07, 6.45) is 5.69. The van der Waals surface area contributed by atoms with Gasteiger partial charge < -0.3 is 9.47 Å². The number of nitrogens with one attached hydrogen (secondary N) is 1. The molecule has 0 bridgehead atoms. The van der Waals surface area contributed by atoms with E-state index in [1.54, 1.807) is 38.6 Å². The van der Waals surface area contributed by atoms with Crippen molar-refractivity contribution in [1.82, 2.24) is 15.4 Å². The number of aromatic nitrogens is 2. The lowest BCUT2D eigenvalue weighted by molar-refractivity contribution is -0.118. The summed E-state index contributed by atoms with van der Waals surface area (Å²) in [6, 6.07) is 15.3. The molecule has 0 spiro atoms. The normalized spacial score (nSPS) is 12.9. The predicted octanol–water partition coefficient (Wildman–Crippen LogP) is 4.28. The lowest BCUT2D eigenvalue weighted by atomic mass is 9.97. The molecule has 1 aliphatic rings. The van der Waals surface area contributed by atoms with Crippen LogP contribution >= 0.6 is 11.8 Å². The van der Waals surface area contributed by atoms with E-state index in [1.165, 1.54) is 17.3 Å². The van der Waals surface area contributed by atoms with Gasteiger partial charge in [0.15, 0.2) is 5.82 Å². The van der Waals surface area contributed by atoms with Crippen LogP contribution in [0.25, 0.3) is 11.4 Å². The summed E-state index contributed by atoms with van der Waals surface area (Å²) in [5, 5.41) is 4.97. The maximum absolute atomic E-state index is 12.5. The summed E-state index contributed by atoms with van der Waals surface area (Å²) in [5.74, 6) is 2.04. The van der Waals surface area contributed by atoms with Crippen LogP contribution < -0.4 is 14.9 Å². The summed E-state index contributed by atoms with van der Waals surface area (Å²) < 4.78 is 10.6. The van der Waals surface area contributed by atoms with Crippen LogP contribution in [0.4, 0.5) is 0 Å². The van der Waals surface area contributed by atoms with Crippen molar-refractivity contribution in [3.8, 4) is 22.9 Å². The summed E-state index contributed by atoms with van der Waals surface area (Å²) >= 11 is 1.43. The van der Waals surface area contributed by atoms with Gasteiger partial charge in [0.1, 0.15) is 16.5 Å². The fourth-order valence-corrected chi connectivity index (χ4v) is 4.55. The molecule has 0 radical (unpaired) electrons. The van der Waals surface area contributed by atoms with Crippen molar-refractivity contribution in [2.45, 2.75) is 30.7 Å². The van der Waals surface area contributed by atoms with Crippen LogP contribution in [0.15, 0.2) is 58.7 Å². The fraction of sp³-hybridized carbons (Fsp3) is 0.280. The lowest BCUT2D eigenvalue weighted by Crippen LogP contribution is -2.20. The van der Waals surface area contributed by atoms with Crippen molar-refractivity contribution in [2.75, 3.05) is 20.0 Å². The molecule has 0 aliphatic heterocycles. The average Bonchev–Trinajstić information content (AvgIpc) is 2.87. The Kier molecular flexibility index (Phi) is 7.57. The van der Waals surface area contributed by atoms with Gasteiger partial charge in [-0.1, -0.05) is 42.1 Å². The van der Waals surface area contributed by atoms with Crippen LogP contribution in [0.2, 0.25) is 0 Å². The second kappa shape index (κ2) is 11.0. The van der Waals surface area contributed by atoms with Crippen molar-refractivity contribution >= 4 is 23.9 Å². The van der Waals surface area contributed by atoms with Gasteiger partial charge in [-0.25, -0.2) is 15.4 Å². The van der Waals surface area contributed by atoms with Gasteiger partial charge in [-0.2, -0.15) is 5.10 Å². The molecule has 0 atom stereocenters.